The van der Waals surface area contributed by atoms with Crippen molar-refractivity contribution in [1.29, 1.82) is 0 Å². The summed E-state index contributed by atoms with van der Waals surface area (Å²) < 4.78 is 0. The van der Waals surface area contributed by atoms with E-state index in [1.165, 1.54) is 11.4 Å². The summed E-state index contributed by atoms with van der Waals surface area (Å²) in [6.45, 7) is 15.0. The fourth-order valence-corrected chi connectivity index (χ4v) is 3.63. The predicted octanol–water partition coefficient (Wildman–Crippen LogP) is 2.11. The Labute approximate surface area is 138 Å². The van der Waals surface area contributed by atoms with E-state index in [1.807, 2.05) is 7.05 Å². The number of piperazine rings is 1. The first-order valence-electron chi connectivity index (χ1n) is 8.10. The largest absolute Gasteiger partial charge is 0.350 e. The van der Waals surface area contributed by atoms with Crippen molar-refractivity contribution >= 4 is 17.3 Å². The number of hydrogen-bond donors (Lipinski definition) is 1. The maximum absolute atomic E-state index is 4.58. The van der Waals surface area contributed by atoms with Crippen molar-refractivity contribution < 1.29 is 0 Å². The van der Waals surface area contributed by atoms with Gasteiger partial charge in [0, 0.05) is 44.6 Å². The number of thiazole rings is 1. The molecule has 2 heterocycles. The normalized spacial score (nSPS) is 17.4. The number of nitrogens with zero attached hydrogens (tertiary/aromatic N) is 4. The highest BCUT2D eigenvalue weighted by molar-refractivity contribution is 7.11. The minimum absolute atomic E-state index is 0.736. The molecule has 1 N–H and O–H groups in total. The second kappa shape index (κ2) is 7.92. The van der Waals surface area contributed by atoms with E-state index in [1.54, 1.807) is 11.3 Å². The molecule has 1 aromatic rings. The Balaban J connectivity index is 1.83. The van der Waals surface area contributed by atoms with Gasteiger partial charge in [0.1, 0.15) is 5.01 Å². The van der Waals surface area contributed by atoms with E-state index in [4.69, 9.17) is 0 Å². The quantitative estimate of drug-likeness (QED) is 0.681. The minimum Gasteiger partial charge on any atom is -0.350 e. The Hall–Kier alpha value is -1.14. The molecule has 2 rings (SSSR count). The van der Waals surface area contributed by atoms with Gasteiger partial charge in [-0.15, -0.1) is 11.3 Å². The number of guanidine groups is 1. The summed E-state index contributed by atoms with van der Waals surface area (Å²) in [5.74, 6) is 1.73. The highest BCUT2D eigenvalue weighted by Gasteiger charge is 2.20. The van der Waals surface area contributed by atoms with Crippen molar-refractivity contribution in [3.05, 3.63) is 15.6 Å². The summed E-state index contributed by atoms with van der Waals surface area (Å²) in [6.07, 6.45) is 0. The van der Waals surface area contributed by atoms with Crippen LogP contribution < -0.4 is 5.32 Å². The average Bonchev–Trinajstić information content (AvgIpc) is 2.79. The van der Waals surface area contributed by atoms with E-state index in [0.717, 1.165) is 55.3 Å². The van der Waals surface area contributed by atoms with E-state index in [9.17, 15) is 0 Å². The van der Waals surface area contributed by atoms with E-state index in [0.29, 0.717) is 0 Å². The lowest BCUT2D eigenvalue weighted by atomic mass is 10.2. The third-order valence-corrected chi connectivity index (χ3v) is 5.05. The zero-order chi connectivity index (χ0) is 16.1. The molecule has 1 aromatic heterocycles. The van der Waals surface area contributed by atoms with Crippen LogP contribution in [0.1, 0.15) is 29.4 Å². The summed E-state index contributed by atoms with van der Waals surface area (Å²) in [4.78, 5) is 15.2. The molecule has 0 atom stereocenters. The van der Waals surface area contributed by atoms with Crippen LogP contribution in [0.15, 0.2) is 4.99 Å². The molecule has 22 heavy (non-hydrogen) atoms. The molecule has 124 valence electrons. The van der Waals surface area contributed by atoms with Gasteiger partial charge in [-0.05, 0) is 19.8 Å². The van der Waals surface area contributed by atoms with E-state index >= 15 is 0 Å². The van der Waals surface area contributed by atoms with Crippen LogP contribution >= 0.6 is 11.3 Å². The molecule has 0 saturated carbocycles. The first kappa shape index (κ1) is 17.2. The molecule has 0 bridgehead atoms. The van der Waals surface area contributed by atoms with Crippen molar-refractivity contribution in [2.75, 3.05) is 39.8 Å². The lowest BCUT2D eigenvalue weighted by molar-refractivity contribution is 0.164. The van der Waals surface area contributed by atoms with Crippen molar-refractivity contribution in [2.45, 2.75) is 34.2 Å². The van der Waals surface area contributed by atoms with Gasteiger partial charge < -0.3 is 10.2 Å². The van der Waals surface area contributed by atoms with Crippen LogP contribution in [0.4, 0.5) is 0 Å². The molecule has 1 aliphatic rings. The molecule has 6 heteroatoms. The molecule has 0 aliphatic carbocycles. The van der Waals surface area contributed by atoms with E-state index in [-0.39, 0.29) is 0 Å². The fraction of sp³-hybridized carbons (Fsp3) is 0.750. The Morgan fingerprint density at radius 3 is 2.45 bits per heavy atom. The number of hydrogen-bond acceptors (Lipinski definition) is 4. The van der Waals surface area contributed by atoms with Gasteiger partial charge in [-0.2, -0.15) is 0 Å². The Morgan fingerprint density at radius 2 is 1.95 bits per heavy atom. The molecule has 1 saturated heterocycles. The average molecular weight is 324 g/mol. The van der Waals surface area contributed by atoms with Crippen LogP contribution in [-0.4, -0.2) is 60.5 Å². The molecule has 0 aromatic carbocycles. The standard InChI is InChI=1S/C16H29N5S/c1-12(2)11-20-6-8-21(9-7-20)16(17-5)18-10-15-19-13(3)14(4)22-15/h12H,6-11H2,1-5H3,(H,17,18). The molecule has 1 fully saturated rings. The third-order valence-electron chi connectivity index (χ3n) is 3.98. The summed E-state index contributed by atoms with van der Waals surface area (Å²) in [5.41, 5.74) is 1.14. The highest BCUT2D eigenvalue weighted by Crippen LogP contribution is 2.16. The topological polar surface area (TPSA) is 43.8 Å². The predicted molar refractivity (Wildman–Crippen MR) is 94.6 cm³/mol. The minimum atomic E-state index is 0.736. The number of aryl methyl sites for hydroxylation is 2. The summed E-state index contributed by atoms with van der Waals surface area (Å²) >= 11 is 1.77. The highest BCUT2D eigenvalue weighted by atomic mass is 32.1. The van der Waals surface area contributed by atoms with Gasteiger partial charge in [0.05, 0.1) is 12.2 Å². The number of rotatable bonds is 4. The van der Waals surface area contributed by atoms with Crippen LogP contribution in [-0.2, 0) is 6.54 Å². The zero-order valence-electron chi connectivity index (χ0n) is 14.5. The second-order valence-electron chi connectivity index (χ2n) is 6.33. The van der Waals surface area contributed by atoms with Gasteiger partial charge in [0.2, 0.25) is 0 Å². The lowest BCUT2D eigenvalue weighted by Gasteiger charge is -2.37. The zero-order valence-corrected chi connectivity index (χ0v) is 15.3. The number of aliphatic imine (C=N–C) groups is 1. The van der Waals surface area contributed by atoms with Crippen LogP contribution in [0.5, 0.6) is 0 Å². The molecule has 0 spiro atoms. The molecule has 0 radical (unpaired) electrons. The number of nitrogens with one attached hydrogen (secondary N) is 1. The lowest BCUT2D eigenvalue weighted by Crippen LogP contribution is -2.52. The molecular formula is C16H29N5S. The maximum atomic E-state index is 4.58. The van der Waals surface area contributed by atoms with E-state index in [2.05, 4.69) is 52.8 Å². The summed E-state index contributed by atoms with van der Waals surface area (Å²) in [6, 6.07) is 0. The molecule has 1 aliphatic heterocycles. The van der Waals surface area contributed by atoms with Crippen LogP contribution in [0.25, 0.3) is 0 Å². The maximum Gasteiger partial charge on any atom is 0.194 e. The van der Waals surface area contributed by atoms with Gasteiger partial charge in [-0.1, -0.05) is 13.8 Å². The Morgan fingerprint density at radius 1 is 1.27 bits per heavy atom. The van der Waals surface area contributed by atoms with Gasteiger partial charge in [0.15, 0.2) is 5.96 Å². The summed E-state index contributed by atoms with van der Waals surface area (Å²) in [5, 5.41) is 4.59. The summed E-state index contributed by atoms with van der Waals surface area (Å²) in [7, 11) is 1.86. The third kappa shape index (κ3) is 4.68. The SMILES string of the molecule is CN=C(NCc1nc(C)c(C)s1)N1CCN(CC(C)C)CC1. The second-order valence-corrected chi connectivity index (χ2v) is 7.62. The van der Waals surface area contributed by atoms with E-state index < -0.39 is 0 Å². The molecule has 0 unspecified atom stereocenters. The Bertz CT molecular complexity index is 481. The molecule has 5 nitrogen and oxygen atoms in total. The first-order chi connectivity index (χ1) is 10.5. The van der Waals surface area contributed by atoms with Gasteiger partial charge in [-0.25, -0.2) is 4.98 Å². The van der Waals surface area contributed by atoms with Crippen LogP contribution in [0.3, 0.4) is 0 Å². The van der Waals surface area contributed by atoms with Crippen molar-refractivity contribution in [3.63, 3.8) is 0 Å². The van der Waals surface area contributed by atoms with Crippen LogP contribution in [0.2, 0.25) is 0 Å². The molecular weight excluding hydrogens is 294 g/mol. The first-order valence-corrected chi connectivity index (χ1v) is 8.92. The van der Waals surface area contributed by atoms with Gasteiger partial charge in [-0.3, -0.25) is 9.89 Å². The monoisotopic (exact) mass is 323 g/mol. The Kier molecular flexibility index (Phi) is 6.20. The van der Waals surface area contributed by atoms with Crippen molar-refractivity contribution in [2.24, 2.45) is 10.9 Å². The van der Waals surface area contributed by atoms with Crippen molar-refractivity contribution in [3.8, 4) is 0 Å². The van der Waals surface area contributed by atoms with Gasteiger partial charge >= 0.3 is 0 Å². The fourth-order valence-electron chi connectivity index (χ4n) is 2.76. The van der Waals surface area contributed by atoms with Crippen LogP contribution in [0, 0.1) is 19.8 Å². The smallest absolute Gasteiger partial charge is 0.194 e. The number of aromatic nitrogens is 1. The van der Waals surface area contributed by atoms with Crippen molar-refractivity contribution in [1.82, 2.24) is 20.1 Å². The molecule has 0 amide bonds. The van der Waals surface area contributed by atoms with Gasteiger partial charge in [0.25, 0.3) is 0 Å².